The van der Waals surface area contributed by atoms with E-state index >= 15 is 0 Å². The summed E-state index contributed by atoms with van der Waals surface area (Å²) in [7, 11) is 4.22. The summed E-state index contributed by atoms with van der Waals surface area (Å²) >= 11 is 0. The van der Waals surface area contributed by atoms with Crippen molar-refractivity contribution in [2.45, 2.75) is 45.8 Å². The standard InChI is InChI=1S/C15H31N5/c1-6-8-19-12-14(10-17-19)15(9-16)20(7-2)13(3)11-18(4)5/h10,12-13,15H,6-9,11,16H2,1-5H3. The molecule has 2 N–H and O–H groups in total. The highest BCUT2D eigenvalue weighted by Gasteiger charge is 2.24. The molecule has 0 saturated carbocycles. The lowest BCUT2D eigenvalue weighted by atomic mass is 10.1. The van der Waals surface area contributed by atoms with Crippen LogP contribution >= 0.6 is 0 Å². The molecule has 0 aromatic carbocycles. The van der Waals surface area contributed by atoms with Crippen molar-refractivity contribution in [3.8, 4) is 0 Å². The van der Waals surface area contributed by atoms with E-state index in [-0.39, 0.29) is 6.04 Å². The van der Waals surface area contributed by atoms with Gasteiger partial charge < -0.3 is 10.6 Å². The fraction of sp³-hybridized carbons (Fsp3) is 0.800. The molecular weight excluding hydrogens is 250 g/mol. The summed E-state index contributed by atoms with van der Waals surface area (Å²) in [5.41, 5.74) is 7.27. The number of nitrogens with two attached hydrogens (primary N) is 1. The molecule has 5 heteroatoms. The minimum atomic E-state index is 0.251. The van der Waals surface area contributed by atoms with E-state index in [1.54, 1.807) is 0 Å². The molecule has 116 valence electrons. The van der Waals surface area contributed by atoms with Crippen LogP contribution in [0.4, 0.5) is 0 Å². The van der Waals surface area contributed by atoms with Gasteiger partial charge in [-0.05, 0) is 34.0 Å². The van der Waals surface area contributed by atoms with Crippen LogP contribution in [0.15, 0.2) is 12.4 Å². The Kier molecular flexibility index (Phi) is 7.19. The number of hydrogen-bond acceptors (Lipinski definition) is 4. The zero-order chi connectivity index (χ0) is 15.1. The third-order valence-electron chi connectivity index (χ3n) is 3.67. The Morgan fingerprint density at radius 3 is 2.55 bits per heavy atom. The van der Waals surface area contributed by atoms with Crippen molar-refractivity contribution < 1.29 is 0 Å². The van der Waals surface area contributed by atoms with Gasteiger partial charge in [0.15, 0.2) is 0 Å². The van der Waals surface area contributed by atoms with Crippen molar-refractivity contribution in [1.82, 2.24) is 19.6 Å². The fourth-order valence-corrected chi connectivity index (χ4v) is 2.84. The molecule has 0 amide bonds. The van der Waals surface area contributed by atoms with Crippen LogP contribution in [0.25, 0.3) is 0 Å². The highest BCUT2D eigenvalue weighted by molar-refractivity contribution is 5.12. The topological polar surface area (TPSA) is 50.3 Å². The smallest absolute Gasteiger partial charge is 0.0538 e. The van der Waals surface area contributed by atoms with Crippen molar-refractivity contribution in [2.75, 3.05) is 33.7 Å². The lowest BCUT2D eigenvalue weighted by Crippen LogP contribution is -2.44. The molecule has 20 heavy (non-hydrogen) atoms. The van der Waals surface area contributed by atoms with E-state index in [0.717, 1.165) is 26.1 Å². The number of likely N-dealkylation sites (N-methyl/N-ethyl adjacent to an activating group) is 2. The van der Waals surface area contributed by atoms with E-state index in [4.69, 9.17) is 5.73 Å². The van der Waals surface area contributed by atoms with Crippen LogP contribution < -0.4 is 5.73 Å². The summed E-state index contributed by atoms with van der Waals surface area (Å²) < 4.78 is 2.02. The molecule has 1 heterocycles. The van der Waals surface area contributed by atoms with E-state index < -0.39 is 0 Å². The predicted octanol–water partition coefficient (Wildman–Crippen LogP) is 1.56. The maximum Gasteiger partial charge on any atom is 0.0538 e. The zero-order valence-electron chi connectivity index (χ0n) is 13.7. The van der Waals surface area contributed by atoms with Gasteiger partial charge in [0, 0.05) is 37.4 Å². The molecule has 1 aromatic rings. The number of aromatic nitrogens is 2. The molecule has 0 aliphatic rings. The highest BCUT2D eigenvalue weighted by Crippen LogP contribution is 2.21. The Morgan fingerprint density at radius 1 is 1.35 bits per heavy atom. The Labute approximate surface area is 123 Å². The first-order chi connectivity index (χ1) is 9.53. The molecular formula is C15H31N5. The third kappa shape index (κ3) is 4.58. The normalized spacial score (nSPS) is 15.0. The SMILES string of the molecule is CCCn1cc(C(CN)N(CC)C(C)CN(C)C)cn1. The van der Waals surface area contributed by atoms with Crippen molar-refractivity contribution in [1.29, 1.82) is 0 Å². The molecule has 2 unspecified atom stereocenters. The molecule has 2 atom stereocenters. The van der Waals surface area contributed by atoms with Crippen LogP contribution in [0.2, 0.25) is 0 Å². The van der Waals surface area contributed by atoms with Gasteiger partial charge in [0.1, 0.15) is 0 Å². The van der Waals surface area contributed by atoms with Crippen LogP contribution in [-0.2, 0) is 6.54 Å². The van der Waals surface area contributed by atoms with Crippen LogP contribution in [0, 0.1) is 0 Å². The lowest BCUT2D eigenvalue weighted by Gasteiger charge is -2.36. The summed E-state index contributed by atoms with van der Waals surface area (Å²) in [6.45, 7) is 10.3. The van der Waals surface area contributed by atoms with Gasteiger partial charge in [-0.3, -0.25) is 9.58 Å². The van der Waals surface area contributed by atoms with Crippen LogP contribution in [0.3, 0.4) is 0 Å². The van der Waals surface area contributed by atoms with Gasteiger partial charge in [-0.15, -0.1) is 0 Å². The summed E-state index contributed by atoms with van der Waals surface area (Å²) in [6.07, 6.45) is 5.22. The van der Waals surface area contributed by atoms with Gasteiger partial charge in [0.2, 0.25) is 0 Å². The van der Waals surface area contributed by atoms with E-state index in [1.165, 1.54) is 5.56 Å². The van der Waals surface area contributed by atoms with Gasteiger partial charge in [-0.1, -0.05) is 13.8 Å². The van der Waals surface area contributed by atoms with E-state index in [2.05, 4.69) is 56.0 Å². The monoisotopic (exact) mass is 281 g/mol. The van der Waals surface area contributed by atoms with E-state index in [0.29, 0.717) is 12.6 Å². The van der Waals surface area contributed by atoms with Gasteiger partial charge in [0.25, 0.3) is 0 Å². The van der Waals surface area contributed by atoms with Crippen LogP contribution in [-0.4, -0.2) is 59.4 Å². The molecule has 0 fully saturated rings. The number of hydrogen-bond donors (Lipinski definition) is 1. The first kappa shape index (κ1) is 17.1. The molecule has 0 bridgehead atoms. The second-order valence-electron chi connectivity index (χ2n) is 5.73. The first-order valence-corrected chi connectivity index (χ1v) is 7.66. The molecule has 5 nitrogen and oxygen atoms in total. The first-order valence-electron chi connectivity index (χ1n) is 7.66. The number of rotatable bonds is 9. The van der Waals surface area contributed by atoms with Gasteiger partial charge in [-0.2, -0.15) is 5.10 Å². The van der Waals surface area contributed by atoms with Gasteiger partial charge in [-0.25, -0.2) is 0 Å². The second kappa shape index (κ2) is 8.39. The molecule has 1 rings (SSSR count). The number of nitrogens with zero attached hydrogens (tertiary/aromatic N) is 4. The van der Waals surface area contributed by atoms with Crippen molar-refractivity contribution in [2.24, 2.45) is 5.73 Å². The molecule has 0 aliphatic heterocycles. The Morgan fingerprint density at radius 2 is 2.05 bits per heavy atom. The fourth-order valence-electron chi connectivity index (χ4n) is 2.84. The molecule has 0 radical (unpaired) electrons. The van der Waals surface area contributed by atoms with Crippen molar-refractivity contribution in [3.63, 3.8) is 0 Å². The van der Waals surface area contributed by atoms with Crippen molar-refractivity contribution in [3.05, 3.63) is 18.0 Å². The van der Waals surface area contributed by atoms with E-state index in [9.17, 15) is 0 Å². The summed E-state index contributed by atoms with van der Waals surface area (Å²) in [6, 6.07) is 0.721. The molecule has 1 aromatic heterocycles. The molecule has 0 spiro atoms. The molecule has 0 aliphatic carbocycles. The average Bonchev–Trinajstić information content (AvgIpc) is 2.83. The summed E-state index contributed by atoms with van der Waals surface area (Å²) in [5.74, 6) is 0. The minimum absolute atomic E-state index is 0.251. The van der Waals surface area contributed by atoms with Crippen LogP contribution in [0.1, 0.15) is 38.8 Å². The zero-order valence-corrected chi connectivity index (χ0v) is 13.7. The van der Waals surface area contributed by atoms with Crippen LogP contribution in [0.5, 0.6) is 0 Å². The maximum atomic E-state index is 6.04. The van der Waals surface area contributed by atoms with E-state index in [1.807, 2.05) is 10.9 Å². The average molecular weight is 281 g/mol. The van der Waals surface area contributed by atoms with Crippen molar-refractivity contribution >= 4 is 0 Å². The largest absolute Gasteiger partial charge is 0.329 e. The summed E-state index contributed by atoms with van der Waals surface area (Å²) in [4.78, 5) is 4.69. The Hall–Kier alpha value is -0.910. The quantitative estimate of drug-likeness (QED) is 0.746. The van der Waals surface area contributed by atoms with Gasteiger partial charge >= 0.3 is 0 Å². The second-order valence-corrected chi connectivity index (χ2v) is 5.73. The maximum absolute atomic E-state index is 6.04. The summed E-state index contributed by atoms with van der Waals surface area (Å²) in [5, 5.41) is 4.44. The number of aryl methyl sites for hydroxylation is 1. The Balaban J connectivity index is 2.84. The molecule has 0 saturated heterocycles. The minimum Gasteiger partial charge on any atom is -0.329 e. The highest BCUT2D eigenvalue weighted by atomic mass is 15.3. The van der Waals surface area contributed by atoms with Gasteiger partial charge in [0.05, 0.1) is 12.2 Å². The predicted molar refractivity (Wildman–Crippen MR) is 84.7 cm³/mol. The Bertz CT molecular complexity index is 374. The lowest BCUT2D eigenvalue weighted by molar-refractivity contribution is 0.131. The third-order valence-corrected chi connectivity index (χ3v) is 3.67.